The second-order valence-electron chi connectivity index (χ2n) is 11.8. The molecule has 43 heavy (non-hydrogen) atoms. The Labute approximate surface area is 256 Å². The Morgan fingerprint density at radius 1 is 1.05 bits per heavy atom. The van der Waals surface area contributed by atoms with Gasteiger partial charge in [-0.25, -0.2) is 9.97 Å². The molecule has 2 aliphatic rings. The van der Waals surface area contributed by atoms with Gasteiger partial charge < -0.3 is 4.90 Å². The van der Waals surface area contributed by atoms with Gasteiger partial charge in [0.25, 0.3) is 5.91 Å². The number of benzene rings is 1. The molecule has 5 heterocycles. The summed E-state index contributed by atoms with van der Waals surface area (Å²) in [5.74, 6) is 1.54. The van der Waals surface area contributed by atoms with E-state index in [9.17, 15) is 4.79 Å². The van der Waals surface area contributed by atoms with Crippen LogP contribution in [0.15, 0.2) is 54.9 Å². The van der Waals surface area contributed by atoms with Crippen LogP contribution in [0.4, 0.5) is 10.9 Å². The Hall–Kier alpha value is -4.11. The maximum atomic E-state index is 13.5. The van der Waals surface area contributed by atoms with Gasteiger partial charge in [-0.3, -0.25) is 14.8 Å². The number of thiazole rings is 1. The molecule has 4 aromatic heterocycles. The molecule has 1 N–H and O–H groups in total. The molecule has 220 valence electrons. The van der Waals surface area contributed by atoms with E-state index in [2.05, 4.69) is 56.9 Å². The minimum atomic E-state index is -0.143. The second kappa shape index (κ2) is 11.9. The highest BCUT2D eigenvalue weighted by Gasteiger charge is 2.25. The number of rotatable bonds is 7. The number of aromatic nitrogens is 5. The van der Waals surface area contributed by atoms with Crippen molar-refractivity contribution < 1.29 is 4.79 Å². The zero-order chi connectivity index (χ0) is 29.3. The molecule has 1 aliphatic carbocycles. The Balaban J connectivity index is 1.11. The summed E-state index contributed by atoms with van der Waals surface area (Å²) in [5, 5.41) is 8.38. The van der Waals surface area contributed by atoms with E-state index in [0.29, 0.717) is 22.9 Å². The minimum Gasteiger partial charge on any atom is -0.352 e. The van der Waals surface area contributed by atoms with Crippen LogP contribution in [0.25, 0.3) is 21.5 Å². The number of anilines is 2. The van der Waals surface area contributed by atoms with Crippen molar-refractivity contribution in [1.82, 2.24) is 24.7 Å². The number of fused-ring (bicyclic) bond motifs is 2. The van der Waals surface area contributed by atoms with Crippen molar-refractivity contribution in [1.29, 1.82) is 0 Å². The van der Waals surface area contributed by atoms with Gasteiger partial charge in [0, 0.05) is 48.2 Å². The number of carbonyl (C=O) groups excluding carboxylic acids is 1. The van der Waals surface area contributed by atoms with Gasteiger partial charge in [-0.05, 0) is 80.0 Å². The Kier molecular flexibility index (Phi) is 7.65. The Bertz CT molecular complexity index is 1750. The third kappa shape index (κ3) is 5.54. The molecule has 7 rings (SSSR count). The molecule has 0 unspecified atom stereocenters. The lowest BCUT2D eigenvalue weighted by Crippen LogP contribution is -2.33. The maximum absolute atomic E-state index is 13.5. The van der Waals surface area contributed by atoms with Crippen LogP contribution in [0.1, 0.15) is 71.9 Å². The first-order chi connectivity index (χ1) is 21.1. The van der Waals surface area contributed by atoms with Crippen LogP contribution >= 0.6 is 11.3 Å². The van der Waals surface area contributed by atoms with Gasteiger partial charge in [0.05, 0.1) is 16.6 Å². The average molecular weight is 592 g/mol. The third-order valence-electron chi connectivity index (χ3n) is 9.07. The molecule has 5 aromatic rings. The molecule has 0 atom stereocenters. The maximum Gasteiger partial charge on any atom is 0.257 e. The highest BCUT2D eigenvalue weighted by Crippen LogP contribution is 2.33. The molecule has 1 aliphatic heterocycles. The first kappa shape index (κ1) is 27.7. The van der Waals surface area contributed by atoms with Crippen molar-refractivity contribution in [2.45, 2.75) is 71.9 Å². The standard InChI is InChI=1S/C34H37N7OS/c1-3-29-25(27-19-36-41(22(27)2)20-23-9-5-4-6-10-23)14-15-31(37-29)40-18-16-24-11-7-12-26(28(24)21-40)33(42)39-34-38-32-30(43-34)13-8-17-35-32/h7-8,11-15,17,19,23H,3-6,9-10,16,18,20-21H2,1-2H3,(H,35,38,39,42). The molecule has 0 bridgehead atoms. The van der Waals surface area contributed by atoms with E-state index in [1.54, 1.807) is 6.20 Å². The Morgan fingerprint density at radius 2 is 1.93 bits per heavy atom. The van der Waals surface area contributed by atoms with Gasteiger partial charge in [-0.1, -0.05) is 49.7 Å². The zero-order valence-electron chi connectivity index (χ0n) is 24.8. The van der Waals surface area contributed by atoms with Gasteiger partial charge in [0.1, 0.15) is 5.82 Å². The summed E-state index contributed by atoms with van der Waals surface area (Å²) in [6.45, 7) is 6.86. The molecule has 1 amide bonds. The normalized spacial score (nSPS) is 15.5. The van der Waals surface area contributed by atoms with Crippen LogP contribution < -0.4 is 10.2 Å². The number of aryl methyl sites for hydroxylation is 1. The lowest BCUT2D eigenvalue weighted by Gasteiger charge is -2.31. The van der Waals surface area contributed by atoms with Crippen LogP contribution in [-0.4, -0.2) is 37.2 Å². The molecular formula is C34H37N7OS. The van der Waals surface area contributed by atoms with Crippen molar-refractivity contribution in [3.63, 3.8) is 0 Å². The minimum absolute atomic E-state index is 0.143. The summed E-state index contributed by atoms with van der Waals surface area (Å²) in [6, 6.07) is 14.2. The molecule has 0 radical (unpaired) electrons. The molecule has 1 saturated carbocycles. The second-order valence-corrected chi connectivity index (χ2v) is 12.8. The topological polar surface area (TPSA) is 88.8 Å². The molecule has 0 spiro atoms. The van der Waals surface area contributed by atoms with E-state index < -0.39 is 0 Å². The molecule has 8 nitrogen and oxygen atoms in total. The average Bonchev–Trinajstić information content (AvgIpc) is 3.62. The smallest absolute Gasteiger partial charge is 0.257 e. The number of pyridine rings is 2. The monoisotopic (exact) mass is 591 g/mol. The van der Waals surface area contributed by atoms with Crippen LogP contribution in [0, 0.1) is 12.8 Å². The molecule has 1 aromatic carbocycles. The van der Waals surface area contributed by atoms with Crippen LogP contribution in [0.2, 0.25) is 0 Å². The summed E-state index contributed by atoms with van der Waals surface area (Å²) < 4.78 is 3.16. The number of nitrogens with one attached hydrogen (secondary N) is 1. The van der Waals surface area contributed by atoms with Gasteiger partial charge >= 0.3 is 0 Å². The molecule has 0 saturated heterocycles. The van der Waals surface area contributed by atoms with E-state index in [1.165, 1.54) is 65.8 Å². The summed E-state index contributed by atoms with van der Waals surface area (Å²) >= 11 is 1.44. The van der Waals surface area contributed by atoms with E-state index in [-0.39, 0.29) is 5.91 Å². The van der Waals surface area contributed by atoms with Gasteiger partial charge in [-0.2, -0.15) is 10.1 Å². The molecular weight excluding hydrogens is 554 g/mol. The van der Waals surface area contributed by atoms with Crippen LogP contribution in [0.5, 0.6) is 0 Å². The van der Waals surface area contributed by atoms with E-state index >= 15 is 0 Å². The van der Waals surface area contributed by atoms with Crippen molar-refractivity contribution in [2.24, 2.45) is 5.92 Å². The summed E-state index contributed by atoms with van der Waals surface area (Å²) in [4.78, 5) is 29.7. The van der Waals surface area contributed by atoms with Crippen molar-refractivity contribution in [2.75, 3.05) is 16.8 Å². The van der Waals surface area contributed by atoms with Gasteiger partial charge in [-0.15, -0.1) is 0 Å². The van der Waals surface area contributed by atoms with Crippen LogP contribution in [-0.2, 0) is 25.9 Å². The van der Waals surface area contributed by atoms with E-state index in [4.69, 9.17) is 10.1 Å². The fourth-order valence-corrected chi connectivity index (χ4v) is 7.49. The quantitative estimate of drug-likeness (QED) is 0.215. The van der Waals surface area contributed by atoms with Crippen LogP contribution in [0.3, 0.4) is 0 Å². The largest absolute Gasteiger partial charge is 0.352 e. The van der Waals surface area contributed by atoms with Gasteiger partial charge in [0.2, 0.25) is 0 Å². The van der Waals surface area contributed by atoms with E-state index in [0.717, 1.165) is 53.6 Å². The van der Waals surface area contributed by atoms with Crippen molar-refractivity contribution >= 4 is 38.5 Å². The summed E-state index contributed by atoms with van der Waals surface area (Å²) in [5.41, 5.74) is 8.25. The number of carbonyl (C=O) groups is 1. The van der Waals surface area contributed by atoms with Gasteiger partial charge in [0.15, 0.2) is 10.8 Å². The predicted octanol–water partition coefficient (Wildman–Crippen LogP) is 7.22. The van der Waals surface area contributed by atoms with E-state index in [1.807, 2.05) is 30.5 Å². The SMILES string of the molecule is CCc1nc(N2CCc3cccc(C(=O)Nc4nc5ncccc5s4)c3C2)ccc1-c1cnn(CC2CCCCC2)c1C. The number of hydrogen-bond acceptors (Lipinski definition) is 7. The Morgan fingerprint density at radius 3 is 2.77 bits per heavy atom. The summed E-state index contributed by atoms with van der Waals surface area (Å²) in [6.07, 6.45) is 12.1. The fourth-order valence-electron chi connectivity index (χ4n) is 6.67. The highest BCUT2D eigenvalue weighted by molar-refractivity contribution is 7.22. The fraction of sp³-hybridized carbons (Fsp3) is 0.382. The molecule has 1 fully saturated rings. The first-order valence-corrected chi connectivity index (χ1v) is 16.3. The highest BCUT2D eigenvalue weighted by atomic mass is 32.1. The summed E-state index contributed by atoms with van der Waals surface area (Å²) in [7, 11) is 0. The third-order valence-corrected chi connectivity index (χ3v) is 10.00. The number of hydrogen-bond donors (Lipinski definition) is 1. The van der Waals surface area contributed by atoms with Crippen molar-refractivity contribution in [3.05, 3.63) is 82.9 Å². The molecule has 9 heteroatoms. The number of amides is 1. The zero-order valence-corrected chi connectivity index (χ0v) is 25.7. The van der Waals surface area contributed by atoms with Crippen molar-refractivity contribution in [3.8, 4) is 11.1 Å². The lowest BCUT2D eigenvalue weighted by molar-refractivity contribution is 0.102. The number of nitrogens with zero attached hydrogens (tertiary/aromatic N) is 6. The first-order valence-electron chi connectivity index (χ1n) is 15.5. The predicted molar refractivity (Wildman–Crippen MR) is 173 cm³/mol. The lowest BCUT2D eigenvalue weighted by atomic mass is 9.89.